The second-order valence-corrected chi connectivity index (χ2v) is 5.63. The highest BCUT2D eigenvalue weighted by Crippen LogP contribution is 2.25. The van der Waals surface area contributed by atoms with Crippen LogP contribution >= 0.6 is 23.2 Å². The fourth-order valence-corrected chi connectivity index (χ4v) is 1.96. The van der Waals surface area contributed by atoms with Gasteiger partial charge in [0.25, 0.3) is 0 Å². The first-order chi connectivity index (χ1) is 9.83. The average molecular weight is 332 g/mol. The van der Waals surface area contributed by atoms with Crippen molar-refractivity contribution in [3.8, 4) is 0 Å². The summed E-state index contributed by atoms with van der Waals surface area (Å²) in [7, 11) is 0. The molecule has 0 saturated carbocycles. The molecule has 1 aromatic carbocycles. The maximum absolute atomic E-state index is 12.0. The fraction of sp³-hybridized carbons (Fsp3) is 0.429. The number of halogens is 2. The number of anilines is 1. The van der Waals surface area contributed by atoms with Gasteiger partial charge in [0.15, 0.2) is 0 Å². The molecular formula is C14H19Cl2N3O2. The van der Waals surface area contributed by atoms with Gasteiger partial charge in [0, 0.05) is 17.6 Å². The Morgan fingerprint density at radius 2 is 1.95 bits per heavy atom. The van der Waals surface area contributed by atoms with Crippen LogP contribution in [0.5, 0.6) is 0 Å². The molecule has 3 amide bonds. The summed E-state index contributed by atoms with van der Waals surface area (Å²) in [5.74, 6) is -0.333. The van der Waals surface area contributed by atoms with Gasteiger partial charge in [0.05, 0.1) is 10.7 Å². The van der Waals surface area contributed by atoms with Gasteiger partial charge in [-0.25, -0.2) is 4.79 Å². The average Bonchev–Trinajstić information content (AvgIpc) is 2.39. The Morgan fingerprint density at radius 1 is 1.29 bits per heavy atom. The second kappa shape index (κ2) is 8.10. The van der Waals surface area contributed by atoms with E-state index in [0.29, 0.717) is 22.3 Å². The van der Waals surface area contributed by atoms with Crippen molar-refractivity contribution >= 4 is 40.8 Å². The number of nitrogens with zero attached hydrogens (tertiary/aromatic N) is 1. The molecule has 0 spiro atoms. The number of hydrogen-bond acceptors (Lipinski definition) is 2. The first-order valence-electron chi connectivity index (χ1n) is 6.63. The molecule has 0 unspecified atom stereocenters. The summed E-state index contributed by atoms with van der Waals surface area (Å²) in [6.07, 6.45) is 0. The molecule has 0 bridgehead atoms. The summed E-state index contributed by atoms with van der Waals surface area (Å²) in [6, 6.07) is 4.53. The third-order valence-corrected chi connectivity index (χ3v) is 3.18. The van der Waals surface area contributed by atoms with Crippen LogP contribution in [0.25, 0.3) is 0 Å². The standard InChI is InChI=1S/C14H19Cl2N3O2/c1-4-19(14(21)17-9(2)3)8-13(20)18-12-7-10(15)5-6-11(12)16/h5-7,9H,4,8H2,1-3H3,(H,17,21)(H,18,20). The number of carbonyl (C=O) groups is 2. The Morgan fingerprint density at radius 3 is 2.52 bits per heavy atom. The molecule has 0 radical (unpaired) electrons. The van der Waals surface area contributed by atoms with Crippen molar-refractivity contribution < 1.29 is 9.59 Å². The summed E-state index contributed by atoms with van der Waals surface area (Å²) >= 11 is 11.8. The van der Waals surface area contributed by atoms with Gasteiger partial charge < -0.3 is 15.5 Å². The van der Waals surface area contributed by atoms with Gasteiger partial charge in [-0.2, -0.15) is 0 Å². The van der Waals surface area contributed by atoms with Gasteiger partial charge in [-0.05, 0) is 39.0 Å². The van der Waals surface area contributed by atoms with Crippen LogP contribution in [0.4, 0.5) is 10.5 Å². The van der Waals surface area contributed by atoms with Crippen molar-refractivity contribution in [2.24, 2.45) is 0 Å². The Hall–Kier alpha value is -1.46. The van der Waals surface area contributed by atoms with Gasteiger partial charge in [-0.15, -0.1) is 0 Å². The van der Waals surface area contributed by atoms with Crippen LogP contribution in [0.3, 0.4) is 0 Å². The Labute approximate surface area is 134 Å². The Kier molecular flexibility index (Phi) is 6.78. The minimum absolute atomic E-state index is 0.0111. The largest absolute Gasteiger partial charge is 0.336 e. The van der Waals surface area contributed by atoms with Gasteiger partial charge in [-0.3, -0.25) is 4.79 Å². The molecule has 2 N–H and O–H groups in total. The minimum atomic E-state index is -0.333. The lowest BCUT2D eigenvalue weighted by Gasteiger charge is -2.22. The first-order valence-corrected chi connectivity index (χ1v) is 7.39. The first kappa shape index (κ1) is 17.6. The number of amides is 3. The smallest absolute Gasteiger partial charge is 0.318 e. The molecule has 0 aliphatic heterocycles. The molecule has 0 aromatic heterocycles. The van der Waals surface area contributed by atoms with Crippen LogP contribution < -0.4 is 10.6 Å². The summed E-state index contributed by atoms with van der Waals surface area (Å²) in [4.78, 5) is 25.3. The molecule has 0 fully saturated rings. The molecule has 1 aromatic rings. The van der Waals surface area contributed by atoms with Crippen LogP contribution in [0.2, 0.25) is 10.0 Å². The van der Waals surface area contributed by atoms with Crippen molar-refractivity contribution in [3.63, 3.8) is 0 Å². The zero-order chi connectivity index (χ0) is 16.0. The van der Waals surface area contributed by atoms with E-state index in [2.05, 4.69) is 10.6 Å². The van der Waals surface area contributed by atoms with E-state index in [9.17, 15) is 9.59 Å². The predicted molar refractivity (Wildman–Crippen MR) is 86.0 cm³/mol. The number of nitrogens with one attached hydrogen (secondary N) is 2. The molecule has 5 nitrogen and oxygen atoms in total. The monoisotopic (exact) mass is 331 g/mol. The molecule has 0 heterocycles. The predicted octanol–water partition coefficient (Wildman–Crippen LogP) is 3.37. The van der Waals surface area contributed by atoms with Crippen LogP contribution in [-0.4, -0.2) is 36.0 Å². The molecular weight excluding hydrogens is 313 g/mol. The number of urea groups is 1. The number of benzene rings is 1. The molecule has 21 heavy (non-hydrogen) atoms. The fourth-order valence-electron chi connectivity index (χ4n) is 1.62. The molecule has 7 heteroatoms. The highest BCUT2D eigenvalue weighted by Gasteiger charge is 2.16. The van der Waals surface area contributed by atoms with Crippen LogP contribution in [0.1, 0.15) is 20.8 Å². The maximum atomic E-state index is 12.0. The van der Waals surface area contributed by atoms with Gasteiger partial charge in [0.1, 0.15) is 6.54 Å². The highest BCUT2D eigenvalue weighted by molar-refractivity contribution is 6.35. The second-order valence-electron chi connectivity index (χ2n) is 4.79. The SMILES string of the molecule is CCN(CC(=O)Nc1cc(Cl)ccc1Cl)C(=O)NC(C)C. The Bertz CT molecular complexity index is 521. The molecule has 1 rings (SSSR count). The molecule has 0 aliphatic carbocycles. The maximum Gasteiger partial charge on any atom is 0.318 e. The topological polar surface area (TPSA) is 61.4 Å². The van der Waals surface area contributed by atoms with E-state index in [1.165, 1.54) is 4.90 Å². The third-order valence-electron chi connectivity index (χ3n) is 2.62. The Balaban J connectivity index is 2.66. The van der Waals surface area contributed by atoms with Crippen LogP contribution in [-0.2, 0) is 4.79 Å². The van der Waals surface area contributed by atoms with Gasteiger partial charge in [-0.1, -0.05) is 23.2 Å². The summed E-state index contributed by atoms with van der Waals surface area (Å²) in [5.41, 5.74) is 0.425. The quantitative estimate of drug-likeness (QED) is 0.868. The molecule has 116 valence electrons. The number of carbonyl (C=O) groups excluding carboxylic acids is 2. The van der Waals surface area contributed by atoms with E-state index in [-0.39, 0.29) is 24.5 Å². The number of likely N-dealkylation sites (N-methyl/N-ethyl adjacent to an activating group) is 1. The summed E-state index contributed by atoms with van der Waals surface area (Å²) in [5, 5.41) is 6.25. The van der Waals surface area contributed by atoms with Crippen LogP contribution in [0.15, 0.2) is 18.2 Å². The lowest BCUT2D eigenvalue weighted by Crippen LogP contribution is -2.46. The van der Waals surface area contributed by atoms with Crippen molar-refractivity contribution in [2.75, 3.05) is 18.4 Å². The van der Waals surface area contributed by atoms with E-state index in [1.54, 1.807) is 25.1 Å². The van der Waals surface area contributed by atoms with E-state index in [4.69, 9.17) is 23.2 Å². The minimum Gasteiger partial charge on any atom is -0.336 e. The van der Waals surface area contributed by atoms with Crippen molar-refractivity contribution in [3.05, 3.63) is 28.2 Å². The molecule has 0 saturated heterocycles. The van der Waals surface area contributed by atoms with E-state index >= 15 is 0 Å². The van der Waals surface area contributed by atoms with Crippen molar-refractivity contribution in [2.45, 2.75) is 26.8 Å². The van der Waals surface area contributed by atoms with Gasteiger partial charge in [0.2, 0.25) is 5.91 Å². The summed E-state index contributed by atoms with van der Waals surface area (Å²) < 4.78 is 0. The lowest BCUT2D eigenvalue weighted by molar-refractivity contribution is -0.116. The highest BCUT2D eigenvalue weighted by atomic mass is 35.5. The zero-order valence-electron chi connectivity index (χ0n) is 12.2. The van der Waals surface area contributed by atoms with Crippen molar-refractivity contribution in [1.82, 2.24) is 10.2 Å². The molecule has 0 atom stereocenters. The zero-order valence-corrected chi connectivity index (χ0v) is 13.8. The van der Waals surface area contributed by atoms with Crippen LogP contribution in [0, 0.1) is 0 Å². The number of rotatable bonds is 5. The normalized spacial score (nSPS) is 10.4. The van der Waals surface area contributed by atoms with E-state index in [1.807, 2.05) is 13.8 Å². The molecule has 0 aliphatic rings. The number of hydrogen-bond donors (Lipinski definition) is 2. The summed E-state index contributed by atoms with van der Waals surface area (Å²) in [6.45, 7) is 5.89. The van der Waals surface area contributed by atoms with E-state index < -0.39 is 0 Å². The lowest BCUT2D eigenvalue weighted by atomic mass is 10.3. The van der Waals surface area contributed by atoms with E-state index in [0.717, 1.165) is 0 Å². The third kappa shape index (κ3) is 5.81. The van der Waals surface area contributed by atoms with Crippen molar-refractivity contribution in [1.29, 1.82) is 0 Å². The van der Waals surface area contributed by atoms with Gasteiger partial charge >= 0.3 is 6.03 Å².